The molecule has 0 atom stereocenters. The molecule has 0 spiro atoms. The minimum Gasteiger partial charge on any atom is -0.506 e. The van der Waals surface area contributed by atoms with Crippen molar-refractivity contribution in [1.29, 1.82) is 0 Å². The minimum atomic E-state index is 0.109. The highest BCUT2D eigenvalue weighted by molar-refractivity contribution is 6.05. The summed E-state index contributed by atoms with van der Waals surface area (Å²) in [6.45, 7) is 0. The fraction of sp³-hybridized carbons (Fsp3) is 0. The average molecular weight is 277 g/mol. The summed E-state index contributed by atoms with van der Waals surface area (Å²) in [4.78, 5) is 15.8. The third-order valence-corrected chi connectivity index (χ3v) is 3.26. The lowest BCUT2D eigenvalue weighted by molar-refractivity contribution is 0.473. The molecule has 0 fully saturated rings. The molecule has 102 valence electrons. The maximum atomic E-state index is 9.42. The molecule has 0 aromatic carbocycles. The van der Waals surface area contributed by atoms with Crippen LogP contribution in [0.1, 0.15) is 0 Å². The van der Waals surface area contributed by atoms with Gasteiger partial charge in [0, 0.05) is 29.2 Å². The topological polar surface area (TPSA) is 86.7 Å². The zero-order chi connectivity index (χ0) is 14.2. The molecule has 0 radical (unpaired) electrons. The first-order valence-electron chi connectivity index (χ1n) is 6.43. The molecule has 0 saturated heterocycles. The van der Waals surface area contributed by atoms with Gasteiger partial charge in [-0.15, -0.1) is 0 Å². The Balaban J connectivity index is 1.78. The predicted molar refractivity (Wildman–Crippen MR) is 80.6 cm³/mol. The number of nitrogens with one attached hydrogen (secondary N) is 2. The molecule has 3 N–H and O–H groups in total. The van der Waals surface area contributed by atoms with Crippen molar-refractivity contribution >= 4 is 33.4 Å². The molecule has 0 aliphatic heterocycles. The van der Waals surface area contributed by atoms with E-state index in [1.807, 2.05) is 24.4 Å². The maximum Gasteiger partial charge on any atom is 0.140 e. The number of hydrogen-bond acceptors (Lipinski definition) is 5. The van der Waals surface area contributed by atoms with Crippen molar-refractivity contribution in [1.82, 2.24) is 19.9 Å². The maximum absolute atomic E-state index is 9.42. The van der Waals surface area contributed by atoms with Crippen LogP contribution in [0.15, 0.2) is 49.1 Å². The molecule has 6 nitrogen and oxygen atoms in total. The molecular formula is C15H11N5O. The van der Waals surface area contributed by atoms with Crippen LogP contribution >= 0.6 is 0 Å². The Kier molecular flexibility index (Phi) is 2.47. The summed E-state index contributed by atoms with van der Waals surface area (Å²) < 4.78 is 0. The summed E-state index contributed by atoms with van der Waals surface area (Å²) in [5.74, 6) is 0.784. The molecule has 0 unspecified atom stereocenters. The molecule has 4 rings (SSSR count). The van der Waals surface area contributed by atoms with E-state index in [1.165, 1.54) is 6.20 Å². The second kappa shape index (κ2) is 4.45. The Labute approximate surface area is 119 Å². The third kappa shape index (κ3) is 2.02. The van der Waals surface area contributed by atoms with E-state index < -0.39 is 0 Å². The SMILES string of the molecule is Oc1cncc(Nc2ccc3c(n2)[nH]c2ccncc23)c1. The molecule has 6 heteroatoms. The first-order valence-corrected chi connectivity index (χ1v) is 6.43. The van der Waals surface area contributed by atoms with Gasteiger partial charge in [0.25, 0.3) is 0 Å². The highest BCUT2D eigenvalue weighted by atomic mass is 16.3. The smallest absolute Gasteiger partial charge is 0.140 e. The van der Waals surface area contributed by atoms with E-state index in [2.05, 4.69) is 25.3 Å². The number of anilines is 2. The van der Waals surface area contributed by atoms with Crippen molar-refractivity contribution < 1.29 is 5.11 Å². The normalized spacial score (nSPS) is 11.0. The number of aromatic hydroxyl groups is 1. The zero-order valence-corrected chi connectivity index (χ0v) is 10.9. The minimum absolute atomic E-state index is 0.109. The number of aromatic amines is 1. The van der Waals surface area contributed by atoms with Gasteiger partial charge >= 0.3 is 0 Å². The van der Waals surface area contributed by atoms with Gasteiger partial charge in [0.05, 0.1) is 23.6 Å². The van der Waals surface area contributed by atoms with E-state index in [0.717, 1.165) is 21.9 Å². The molecule has 0 bridgehead atoms. The molecule has 0 amide bonds. The lowest BCUT2D eigenvalue weighted by Gasteiger charge is -2.05. The third-order valence-electron chi connectivity index (χ3n) is 3.26. The average Bonchev–Trinajstić information content (AvgIpc) is 2.85. The Bertz CT molecular complexity index is 947. The Hall–Kier alpha value is -3.15. The summed E-state index contributed by atoms with van der Waals surface area (Å²) >= 11 is 0. The van der Waals surface area contributed by atoms with Crippen LogP contribution in [-0.2, 0) is 0 Å². The summed E-state index contributed by atoms with van der Waals surface area (Å²) in [7, 11) is 0. The van der Waals surface area contributed by atoms with Gasteiger partial charge in [-0.2, -0.15) is 0 Å². The molecule has 4 aromatic heterocycles. The molecule has 4 aromatic rings. The number of rotatable bonds is 2. The quantitative estimate of drug-likeness (QED) is 0.524. The monoisotopic (exact) mass is 277 g/mol. The van der Waals surface area contributed by atoms with E-state index in [9.17, 15) is 5.11 Å². The van der Waals surface area contributed by atoms with Crippen LogP contribution in [-0.4, -0.2) is 25.0 Å². The lowest BCUT2D eigenvalue weighted by atomic mass is 10.2. The van der Waals surface area contributed by atoms with E-state index >= 15 is 0 Å². The molecule has 21 heavy (non-hydrogen) atoms. The number of pyridine rings is 3. The summed E-state index contributed by atoms with van der Waals surface area (Å²) in [6.07, 6.45) is 6.57. The van der Waals surface area contributed by atoms with Gasteiger partial charge in [0.1, 0.15) is 17.2 Å². The van der Waals surface area contributed by atoms with Crippen LogP contribution in [0.3, 0.4) is 0 Å². The predicted octanol–water partition coefficient (Wildman–Crippen LogP) is 2.96. The van der Waals surface area contributed by atoms with Crippen molar-refractivity contribution in [2.24, 2.45) is 0 Å². The van der Waals surface area contributed by atoms with Crippen LogP contribution in [0.2, 0.25) is 0 Å². The second-order valence-electron chi connectivity index (χ2n) is 4.70. The van der Waals surface area contributed by atoms with E-state index in [4.69, 9.17) is 0 Å². The first kappa shape index (κ1) is 11.7. The van der Waals surface area contributed by atoms with Gasteiger partial charge in [-0.3, -0.25) is 9.97 Å². The van der Waals surface area contributed by atoms with Gasteiger partial charge < -0.3 is 15.4 Å². The largest absolute Gasteiger partial charge is 0.506 e. The van der Waals surface area contributed by atoms with Crippen LogP contribution in [0.4, 0.5) is 11.5 Å². The number of hydrogen-bond donors (Lipinski definition) is 3. The van der Waals surface area contributed by atoms with Crippen molar-refractivity contribution in [2.45, 2.75) is 0 Å². The number of H-pyrrole nitrogens is 1. The van der Waals surface area contributed by atoms with Crippen molar-refractivity contribution in [3.8, 4) is 5.75 Å². The summed E-state index contributed by atoms with van der Waals surface area (Å²) in [5.41, 5.74) is 2.47. The second-order valence-corrected chi connectivity index (χ2v) is 4.70. The Morgan fingerprint density at radius 2 is 1.95 bits per heavy atom. The van der Waals surface area contributed by atoms with Gasteiger partial charge in [0.15, 0.2) is 0 Å². The number of nitrogens with zero attached hydrogens (tertiary/aromatic N) is 3. The van der Waals surface area contributed by atoms with E-state index in [1.54, 1.807) is 18.5 Å². The fourth-order valence-corrected chi connectivity index (χ4v) is 2.33. The molecule has 4 heterocycles. The number of aromatic nitrogens is 4. The fourth-order valence-electron chi connectivity index (χ4n) is 2.33. The van der Waals surface area contributed by atoms with Gasteiger partial charge in [-0.05, 0) is 18.2 Å². The van der Waals surface area contributed by atoms with E-state index in [-0.39, 0.29) is 5.75 Å². The highest BCUT2D eigenvalue weighted by Crippen LogP contribution is 2.25. The van der Waals surface area contributed by atoms with Gasteiger partial charge in [-0.25, -0.2) is 4.98 Å². The standard InChI is InChI=1S/C15H11N5O/c21-10-5-9(6-17-7-10)18-14-2-1-11-12-8-16-4-3-13(12)19-15(11)20-14/h1-8,21H,(H2,18,19,20). The summed E-state index contributed by atoms with van der Waals surface area (Å²) in [6, 6.07) is 7.38. The Morgan fingerprint density at radius 1 is 1.00 bits per heavy atom. The van der Waals surface area contributed by atoms with Crippen molar-refractivity contribution in [3.63, 3.8) is 0 Å². The molecule has 0 aliphatic rings. The van der Waals surface area contributed by atoms with Crippen LogP contribution < -0.4 is 5.32 Å². The molecule has 0 aliphatic carbocycles. The summed E-state index contributed by atoms with van der Waals surface area (Å²) in [5, 5.41) is 14.6. The molecular weight excluding hydrogens is 266 g/mol. The zero-order valence-electron chi connectivity index (χ0n) is 10.9. The van der Waals surface area contributed by atoms with Crippen LogP contribution in [0, 0.1) is 0 Å². The Morgan fingerprint density at radius 3 is 2.86 bits per heavy atom. The van der Waals surface area contributed by atoms with Crippen LogP contribution in [0.5, 0.6) is 5.75 Å². The first-order chi connectivity index (χ1) is 10.3. The van der Waals surface area contributed by atoms with Crippen molar-refractivity contribution in [3.05, 3.63) is 49.1 Å². The van der Waals surface area contributed by atoms with Crippen molar-refractivity contribution in [2.75, 3.05) is 5.32 Å². The van der Waals surface area contributed by atoms with E-state index in [0.29, 0.717) is 11.5 Å². The van der Waals surface area contributed by atoms with Crippen LogP contribution in [0.25, 0.3) is 21.9 Å². The number of fused-ring (bicyclic) bond motifs is 3. The van der Waals surface area contributed by atoms with Gasteiger partial charge in [-0.1, -0.05) is 0 Å². The lowest BCUT2D eigenvalue weighted by Crippen LogP contribution is -1.93. The van der Waals surface area contributed by atoms with Gasteiger partial charge in [0.2, 0.25) is 0 Å². The highest BCUT2D eigenvalue weighted by Gasteiger charge is 2.06. The molecule has 0 saturated carbocycles.